The summed E-state index contributed by atoms with van der Waals surface area (Å²) in [6.45, 7) is 0. The summed E-state index contributed by atoms with van der Waals surface area (Å²) in [6.07, 6.45) is 0. The van der Waals surface area contributed by atoms with E-state index in [4.69, 9.17) is 11.6 Å². The molecule has 0 aliphatic heterocycles. The van der Waals surface area contributed by atoms with Gasteiger partial charge in [0.05, 0.1) is 0 Å². The molecule has 0 fully saturated rings. The first-order valence-corrected chi connectivity index (χ1v) is 9.84. The predicted molar refractivity (Wildman–Crippen MR) is 112 cm³/mol. The van der Waals surface area contributed by atoms with Crippen LogP contribution in [0.2, 0.25) is 0 Å². The summed E-state index contributed by atoms with van der Waals surface area (Å²) < 4.78 is 0. The van der Waals surface area contributed by atoms with E-state index in [-0.39, 0.29) is 24.8 Å². The van der Waals surface area contributed by atoms with Crippen molar-refractivity contribution >= 4 is 59.6 Å². The Bertz CT molecular complexity index is 591. The van der Waals surface area contributed by atoms with Crippen molar-refractivity contribution in [2.75, 3.05) is 5.62 Å². The first-order valence-electron chi connectivity index (χ1n) is 7.10. The van der Waals surface area contributed by atoms with Crippen LogP contribution >= 0.6 is 43.7 Å². The molecule has 0 spiro atoms. The third kappa shape index (κ3) is 3.90. The fraction of sp³-hybridized carbons (Fsp3) is 0.0526. The van der Waals surface area contributed by atoms with Gasteiger partial charge in [-0.2, -0.15) is 0 Å². The molecule has 0 heterocycles. The summed E-state index contributed by atoms with van der Waals surface area (Å²) in [6, 6.07) is 32.1. The maximum absolute atomic E-state index is 6.59. The van der Waals surface area contributed by atoms with Crippen molar-refractivity contribution in [1.82, 2.24) is 0 Å². The van der Waals surface area contributed by atoms with Gasteiger partial charge < -0.3 is 0 Å². The number of alkyl halides is 1. The van der Waals surface area contributed by atoms with Crippen molar-refractivity contribution in [2.45, 2.75) is 0 Å². The summed E-state index contributed by atoms with van der Waals surface area (Å²) >= 11 is 6.59. The summed E-state index contributed by atoms with van der Waals surface area (Å²) in [5.74, 6) is 0. The van der Waals surface area contributed by atoms with E-state index in [1.54, 1.807) is 0 Å². The van der Waals surface area contributed by atoms with Gasteiger partial charge in [0.1, 0.15) is 0 Å². The van der Waals surface area contributed by atoms with E-state index in [0.717, 1.165) is 0 Å². The Morgan fingerprint density at radius 1 is 0.522 bits per heavy atom. The maximum atomic E-state index is 6.59. The standard InChI is InChI=1S/C19H18ClP.2ClH/c20-16-21(17-10-4-1-5-11-17,18-12-6-2-7-13-18)19-14-8-3-9-15-19;;/h1-15,21H,16H2;2*1H. The van der Waals surface area contributed by atoms with Crippen LogP contribution in [0.5, 0.6) is 0 Å². The molecule has 0 bridgehead atoms. The molecule has 3 aromatic carbocycles. The van der Waals surface area contributed by atoms with Crippen LogP contribution in [0.3, 0.4) is 0 Å². The van der Waals surface area contributed by atoms with Gasteiger partial charge in [0.25, 0.3) is 0 Å². The fourth-order valence-electron chi connectivity index (χ4n) is 2.90. The van der Waals surface area contributed by atoms with Crippen LogP contribution in [0.4, 0.5) is 0 Å². The molecule has 0 aliphatic carbocycles. The SMILES string of the molecule is Cl.Cl.ClC[PH](c1ccccc1)(c1ccccc1)c1ccccc1. The molecule has 0 saturated carbocycles. The molecule has 122 valence electrons. The van der Waals surface area contributed by atoms with Gasteiger partial charge in [-0.1, -0.05) is 0 Å². The van der Waals surface area contributed by atoms with Crippen LogP contribution in [-0.2, 0) is 0 Å². The second-order valence-corrected chi connectivity index (χ2v) is 9.75. The van der Waals surface area contributed by atoms with E-state index in [9.17, 15) is 0 Å². The molecule has 0 radical (unpaired) electrons. The summed E-state index contributed by atoms with van der Waals surface area (Å²) in [5, 5.41) is 4.08. The van der Waals surface area contributed by atoms with Crippen molar-refractivity contribution in [2.24, 2.45) is 0 Å². The third-order valence-corrected chi connectivity index (χ3v) is 9.56. The minimum absolute atomic E-state index is 0. The van der Waals surface area contributed by atoms with E-state index in [0.29, 0.717) is 5.62 Å². The van der Waals surface area contributed by atoms with Gasteiger partial charge in [0, 0.05) is 0 Å². The van der Waals surface area contributed by atoms with Crippen molar-refractivity contribution < 1.29 is 0 Å². The van der Waals surface area contributed by atoms with Crippen molar-refractivity contribution in [1.29, 1.82) is 0 Å². The zero-order chi connectivity index (χ0) is 14.5. The molecule has 0 aliphatic rings. The Kier molecular flexibility index (Phi) is 8.09. The van der Waals surface area contributed by atoms with Gasteiger partial charge in [-0.05, 0) is 0 Å². The Morgan fingerprint density at radius 3 is 1.00 bits per heavy atom. The normalized spacial score (nSPS) is 11.0. The molecule has 0 amide bonds. The van der Waals surface area contributed by atoms with Crippen LogP contribution in [0.25, 0.3) is 0 Å². The van der Waals surface area contributed by atoms with Gasteiger partial charge in [-0.3, -0.25) is 0 Å². The molecule has 0 unspecified atom stereocenters. The topological polar surface area (TPSA) is 0 Å². The van der Waals surface area contributed by atoms with Gasteiger partial charge >= 0.3 is 131 Å². The Hall–Kier alpha value is -1.04. The summed E-state index contributed by atoms with van der Waals surface area (Å²) in [7, 11) is -2.13. The average molecular weight is 386 g/mol. The summed E-state index contributed by atoms with van der Waals surface area (Å²) in [5.41, 5.74) is 0.644. The number of halogens is 3. The van der Waals surface area contributed by atoms with Gasteiger partial charge in [-0.15, -0.1) is 24.8 Å². The molecule has 0 aromatic heterocycles. The fourth-order valence-corrected chi connectivity index (χ4v) is 8.04. The molecule has 0 N–H and O–H groups in total. The van der Waals surface area contributed by atoms with Crippen LogP contribution < -0.4 is 15.9 Å². The molecule has 3 rings (SSSR count). The Labute approximate surface area is 156 Å². The number of hydrogen-bond acceptors (Lipinski definition) is 0. The first kappa shape index (κ1) is 20.0. The summed E-state index contributed by atoms with van der Waals surface area (Å²) in [4.78, 5) is 0. The number of hydrogen-bond donors (Lipinski definition) is 0. The minimum atomic E-state index is -2.13. The molecule has 4 heteroatoms. The molecule has 23 heavy (non-hydrogen) atoms. The average Bonchev–Trinajstić information content (AvgIpc) is 2.59. The first-order chi connectivity index (χ1) is 10.4. The van der Waals surface area contributed by atoms with Crippen molar-refractivity contribution in [3.05, 3.63) is 91.0 Å². The van der Waals surface area contributed by atoms with E-state index >= 15 is 0 Å². The van der Waals surface area contributed by atoms with Crippen LogP contribution in [-0.4, -0.2) is 5.62 Å². The second-order valence-electron chi connectivity index (χ2n) is 5.14. The molecule has 0 nitrogen and oxygen atoms in total. The van der Waals surface area contributed by atoms with Gasteiger partial charge in [0.2, 0.25) is 0 Å². The molecule has 0 saturated heterocycles. The Morgan fingerprint density at radius 2 is 0.783 bits per heavy atom. The van der Waals surface area contributed by atoms with E-state index in [1.807, 2.05) is 0 Å². The quantitative estimate of drug-likeness (QED) is 0.449. The monoisotopic (exact) mass is 384 g/mol. The van der Waals surface area contributed by atoms with Crippen molar-refractivity contribution in [3.63, 3.8) is 0 Å². The number of benzene rings is 3. The molecule has 0 atom stereocenters. The van der Waals surface area contributed by atoms with E-state index in [1.165, 1.54) is 15.9 Å². The zero-order valence-corrected chi connectivity index (χ0v) is 16.0. The van der Waals surface area contributed by atoms with Gasteiger partial charge in [0.15, 0.2) is 0 Å². The van der Waals surface area contributed by atoms with Crippen molar-refractivity contribution in [3.8, 4) is 0 Å². The van der Waals surface area contributed by atoms with Gasteiger partial charge in [-0.25, -0.2) is 0 Å². The third-order valence-electron chi connectivity index (χ3n) is 4.00. The Balaban J connectivity index is 0.00000132. The number of rotatable bonds is 4. The van der Waals surface area contributed by atoms with Crippen LogP contribution in [0.15, 0.2) is 91.0 Å². The zero-order valence-electron chi connectivity index (χ0n) is 12.6. The molecule has 3 aromatic rings. The molecular formula is C19H20Cl3P. The van der Waals surface area contributed by atoms with E-state index < -0.39 is 7.26 Å². The van der Waals surface area contributed by atoms with Crippen LogP contribution in [0.1, 0.15) is 0 Å². The van der Waals surface area contributed by atoms with E-state index in [2.05, 4.69) is 91.0 Å². The second kappa shape index (κ2) is 9.30. The van der Waals surface area contributed by atoms with Crippen LogP contribution in [0, 0.1) is 0 Å². The molecular weight excluding hydrogens is 366 g/mol. The predicted octanol–water partition coefficient (Wildman–Crippen LogP) is 4.75.